The lowest BCUT2D eigenvalue weighted by Crippen LogP contribution is -2.30. The van der Waals surface area contributed by atoms with Gasteiger partial charge in [0.1, 0.15) is 13.2 Å². The Kier molecular flexibility index (Phi) is 41.3. The highest BCUT2D eigenvalue weighted by molar-refractivity contribution is 5.71. The van der Waals surface area contributed by atoms with E-state index in [0.717, 1.165) is 63.7 Å². The molecule has 0 N–H and O–H groups in total. The van der Waals surface area contributed by atoms with Crippen LogP contribution in [-0.4, -0.2) is 37.2 Å². The third-order valence-corrected chi connectivity index (χ3v) is 10.8. The van der Waals surface area contributed by atoms with Crippen LogP contribution in [0.1, 0.15) is 265 Å². The summed E-state index contributed by atoms with van der Waals surface area (Å²) >= 11 is 0. The maximum Gasteiger partial charge on any atom is 0.306 e. The number of carbonyl (C=O) groups is 3. The minimum absolute atomic E-state index is 0.0639. The van der Waals surface area contributed by atoms with Crippen LogP contribution in [0.3, 0.4) is 0 Å². The molecule has 320 valence electrons. The van der Waals surface area contributed by atoms with E-state index >= 15 is 0 Å². The van der Waals surface area contributed by atoms with E-state index in [1.54, 1.807) is 0 Å². The lowest BCUT2D eigenvalue weighted by molar-refractivity contribution is -0.167. The van der Waals surface area contributed by atoms with E-state index < -0.39 is 6.10 Å². The Labute approximate surface area is 336 Å². The standard InChI is InChI=1S/C48H92O6/c1-5-7-9-11-13-14-15-16-17-18-21-25-29-33-37-41-48(51)54-45(42-52-46(49)39-35-31-26-12-10-8-6-2)43-53-47(50)40-36-32-28-24-22-19-20-23-27-30-34-38-44(3)4/h44-45H,5-43H2,1-4H3/t45-/m1/s1. The number of hydrogen-bond acceptors (Lipinski definition) is 6. The Hall–Kier alpha value is -1.59. The van der Waals surface area contributed by atoms with Crippen LogP contribution in [0.4, 0.5) is 0 Å². The summed E-state index contributed by atoms with van der Waals surface area (Å²) in [5.41, 5.74) is 0. The molecule has 0 amide bonds. The van der Waals surface area contributed by atoms with Crippen molar-refractivity contribution in [1.29, 1.82) is 0 Å². The molecule has 54 heavy (non-hydrogen) atoms. The predicted octanol–water partition coefficient (Wildman–Crippen LogP) is 15.1. The molecule has 0 aliphatic heterocycles. The molecule has 0 unspecified atom stereocenters. The molecule has 0 saturated carbocycles. The van der Waals surface area contributed by atoms with E-state index in [-0.39, 0.29) is 31.1 Å². The summed E-state index contributed by atoms with van der Waals surface area (Å²) in [5, 5.41) is 0. The van der Waals surface area contributed by atoms with Gasteiger partial charge in [-0.1, -0.05) is 227 Å². The topological polar surface area (TPSA) is 78.9 Å². The van der Waals surface area contributed by atoms with Gasteiger partial charge in [-0.2, -0.15) is 0 Å². The molecular formula is C48H92O6. The normalized spacial score (nSPS) is 11.9. The molecule has 0 saturated heterocycles. The van der Waals surface area contributed by atoms with Gasteiger partial charge in [-0.15, -0.1) is 0 Å². The van der Waals surface area contributed by atoms with E-state index in [1.807, 2.05) is 0 Å². The molecule has 6 heteroatoms. The molecular weight excluding hydrogens is 673 g/mol. The van der Waals surface area contributed by atoms with E-state index in [2.05, 4.69) is 27.7 Å². The first kappa shape index (κ1) is 52.4. The van der Waals surface area contributed by atoms with Crippen LogP contribution in [0.2, 0.25) is 0 Å². The molecule has 0 aromatic heterocycles. The van der Waals surface area contributed by atoms with Crippen molar-refractivity contribution in [2.24, 2.45) is 5.92 Å². The zero-order chi connectivity index (χ0) is 39.6. The predicted molar refractivity (Wildman–Crippen MR) is 229 cm³/mol. The van der Waals surface area contributed by atoms with E-state index in [0.29, 0.717) is 19.3 Å². The maximum atomic E-state index is 12.7. The highest BCUT2D eigenvalue weighted by atomic mass is 16.6. The molecule has 0 spiro atoms. The Bertz CT molecular complexity index is 811. The fourth-order valence-electron chi connectivity index (χ4n) is 7.16. The average molecular weight is 765 g/mol. The third kappa shape index (κ3) is 41.6. The molecule has 0 aliphatic rings. The second-order valence-electron chi connectivity index (χ2n) is 16.9. The molecule has 0 radical (unpaired) electrons. The molecule has 0 aliphatic carbocycles. The lowest BCUT2D eigenvalue weighted by atomic mass is 10.0. The minimum Gasteiger partial charge on any atom is -0.462 e. The van der Waals surface area contributed by atoms with Gasteiger partial charge in [0.15, 0.2) is 6.10 Å². The second kappa shape index (κ2) is 42.6. The van der Waals surface area contributed by atoms with Gasteiger partial charge in [0.2, 0.25) is 0 Å². The van der Waals surface area contributed by atoms with Crippen LogP contribution in [0, 0.1) is 5.92 Å². The molecule has 0 aromatic rings. The Morgan fingerprint density at radius 1 is 0.352 bits per heavy atom. The summed E-state index contributed by atoms with van der Waals surface area (Å²) in [6.45, 7) is 8.97. The fraction of sp³-hybridized carbons (Fsp3) is 0.938. The van der Waals surface area contributed by atoms with E-state index in [9.17, 15) is 14.4 Å². The number of unbranched alkanes of at least 4 members (excludes halogenated alkanes) is 30. The smallest absolute Gasteiger partial charge is 0.306 e. The molecule has 0 rings (SSSR count). The zero-order valence-corrected chi connectivity index (χ0v) is 36.7. The van der Waals surface area contributed by atoms with Crippen LogP contribution in [0.25, 0.3) is 0 Å². The fourth-order valence-corrected chi connectivity index (χ4v) is 7.16. The highest BCUT2D eigenvalue weighted by Crippen LogP contribution is 2.16. The molecule has 0 heterocycles. The van der Waals surface area contributed by atoms with Gasteiger partial charge in [-0.3, -0.25) is 14.4 Å². The summed E-state index contributed by atoms with van der Waals surface area (Å²) in [7, 11) is 0. The van der Waals surface area contributed by atoms with Gasteiger partial charge in [-0.05, 0) is 25.2 Å². The van der Waals surface area contributed by atoms with Crippen LogP contribution in [0.5, 0.6) is 0 Å². The van der Waals surface area contributed by atoms with Gasteiger partial charge in [0, 0.05) is 19.3 Å². The molecule has 0 bridgehead atoms. The molecule has 6 nitrogen and oxygen atoms in total. The number of rotatable bonds is 43. The first-order valence-electron chi connectivity index (χ1n) is 23.9. The largest absolute Gasteiger partial charge is 0.462 e. The van der Waals surface area contributed by atoms with Gasteiger partial charge < -0.3 is 14.2 Å². The van der Waals surface area contributed by atoms with Crippen molar-refractivity contribution in [3.05, 3.63) is 0 Å². The highest BCUT2D eigenvalue weighted by Gasteiger charge is 2.19. The average Bonchev–Trinajstić information content (AvgIpc) is 3.15. The zero-order valence-electron chi connectivity index (χ0n) is 36.7. The first-order chi connectivity index (χ1) is 26.4. The third-order valence-electron chi connectivity index (χ3n) is 10.8. The van der Waals surface area contributed by atoms with Crippen molar-refractivity contribution in [3.8, 4) is 0 Å². The summed E-state index contributed by atoms with van der Waals surface area (Å²) in [4.78, 5) is 37.7. The Morgan fingerprint density at radius 2 is 0.611 bits per heavy atom. The van der Waals surface area contributed by atoms with Crippen LogP contribution in [-0.2, 0) is 28.6 Å². The Balaban J connectivity index is 4.24. The van der Waals surface area contributed by atoms with E-state index in [1.165, 1.54) is 161 Å². The molecule has 0 fully saturated rings. The second-order valence-corrected chi connectivity index (χ2v) is 16.9. The van der Waals surface area contributed by atoms with Crippen LogP contribution < -0.4 is 0 Å². The minimum atomic E-state index is -0.758. The van der Waals surface area contributed by atoms with Crippen molar-refractivity contribution >= 4 is 17.9 Å². The van der Waals surface area contributed by atoms with Gasteiger partial charge in [0.05, 0.1) is 0 Å². The van der Waals surface area contributed by atoms with Crippen molar-refractivity contribution in [3.63, 3.8) is 0 Å². The van der Waals surface area contributed by atoms with Crippen molar-refractivity contribution < 1.29 is 28.6 Å². The van der Waals surface area contributed by atoms with Crippen molar-refractivity contribution in [2.45, 2.75) is 271 Å². The van der Waals surface area contributed by atoms with Gasteiger partial charge in [0.25, 0.3) is 0 Å². The number of hydrogen-bond donors (Lipinski definition) is 0. The number of carbonyl (C=O) groups excluding carboxylic acids is 3. The van der Waals surface area contributed by atoms with Crippen molar-refractivity contribution in [2.75, 3.05) is 13.2 Å². The summed E-state index contributed by atoms with van der Waals surface area (Å²) in [6.07, 6.45) is 42.4. The first-order valence-corrected chi connectivity index (χ1v) is 23.9. The number of ether oxygens (including phenoxy) is 3. The molecule has 1 atom stereocenters. The molecule has 0 aromatic carbocycles. The summed E-state index contributed by atoms with van der Waals surface area (Å²) < 4.78 is 16.7. The van der Waals surface area contributed by atoms with E-state index in [4.69, 9.17) is 14.2 Å². The number of esters is 3. The van der Waals surface area contributed by atoms with Crippen molar-refractivity contribution in [1.82, 2.24) is 0 Å². The SMILES string of the molecule is CCCCCCCCCCCCCCCCCC(=O)O[C@H](COC(=O)CCCCCCCCC)COC(=O)CCCCCCCCCCCCCC(C)C. The Morgan fingerprint density at radius 3 is 0.907 bits per heavy atom. The quantitative estimate of drug-likeness (QED) is 0.0349. The van der Waals surface area contributed by atoms with Crippen LogP contribution in [0.15, 0.2) is 0 Å². The lowest BCUT2D eigenvalue weighted by Gasteiger charge is -2.18. The van der Waals surface area contributed by atoms with Gasteiger partial charge in [-0.25, -0.2) is 0 Å². The monoisotopic (exact) mass is 765 g/mol. The van der Waals surface area contributed by atoms with Crippen LogP contribution >= 0.6 is 0 Å². The maximum absolute atomic E-state index is 12.7. The van der Waals surface area contributed by atoms with Gasteiger partial charge >= 0.3 is 17.9 Å². The summed E-state index contributed by atoms with van der Waals surface area (Å²) in [6, 6.07) is 0. The summed E-state index contributed by atoms with van der Waals surface area (Å²) in [5.74, 6) is -0.0298.